The van der Waals surface area contributed by atoms with Crippen molar-refractivity contribution in [2.24, 2.45) is 5.73 Å². The summed E-state index contributed by atoms with van der Waals surface area (Å²) in [6.07, 6.45) is -3.13. The van der Waals surface area contributed by atoms with Crippen molar-refractivity contribution < 1.29 is 23.1 Å². The van der Waals surface area contributed by atoms with E-state index in [9.17, 15) is 18.0 Å². The maximum atomic E-state index is 11.8. The van der Waals surface area contributed by atoms with Gasteiger partial charge in [-0.3, -0.25) is 10.1 Å². The summed E-state index contributed by atoms with van der Waals surface area (Å²) in [6, 6.07) is -1.15. The molecule has 7 heteroatoms. The lowest BCUT2D eigenvalue weighted by Gasteiger charge is -2.15. The van der Waals surface area contributed by atoms with Gasteiger partial charge in [0.05, 0.1) is 6.54 Å². The largest absolute Gasteiger partial charge is 0.480 e. The average Bonchev–Trinajstić information content (AvgIpc) is 2.08. The van der Waals surface area contributed by atoms with Crippen LogP contribution in [0, 0.1) is 0 Å². The molecule has 0 aromatic carbocycles. The zero-order valence-electron chi connectivity index (χ0n) is 8.18. The Bertz CT molecular complexity index is 197. The molecule has 0 fully saturated rings. The molecule has 1 atom stereocenters. The van der Waals surface area contributed by atoms with Gasteiger partial charge < -0.3 is 10.8 Å². The number of carboxylic acid groups (broad SMARTS) is 1. The number of carboxylic acids is 1. The van der Waals surface area contributed by atoms with Gasteiger partial charge >= 0.3 is 12.1 Å². The highest BCUT2D eigenvalue weighted by atomic mass is 19.4. The van der Waals surface area contributed by atoms with E-state index in [1.165, 1.54) is 0 Å². The van der Waals surface area contributed by atoms with Crippen LogP contribution in [0.15, 0.2) is 0 Å². The summed E-state index contributed by atoms with van der Waals surface area (Å²) in [7, 11) is 0. The molecule has 0 radical (unpaired) electrons. The zero-order chi connectivity index (χ0) is 11.9. The molecule has 0 rings (SSSR count). The minimum Gasteiger partial charge on any atom is -0.480 e. The summed E-state index contributed by atoms with van der Waals surface area (Å²) in [6.45, 7) is -0.877. The third-order valence-electron chi connectivity index (χ3n) is 1.79. The molecule has 0 saturated heterocycles. The molecule has 0 aliphatic heterocycles. The maximum Gasteiger partial charge on any atom is 0.401 e. The molecule has 90 valence electrons. The number of aliphatic carboxylic acids is 1. The van der Waals surface area contributed by atoms with E-state index >= 15 is 0 Å². The van der Waals surface area contributed by atoms with Crippen LogP contribution >= 0.6 is 0 Å². The van der Waals surface area contributed by atoms with Gasteiger partial charge in [-0.1, -0.05) is 6.42 Å². The molecule has 0 aromatic rings. The lowest BCUT2D eigenvalue weighted by molar-refractivity contribution is -0.143. The van der Waals surface area contributed by atoms with E-state index < -0.39 is 24.7 Å². The van der Waals surface area contributed by atoms with E-state index in [1.54, 1.807) is 0 Å². The van der Waals surface area contributed by atoms with Crippen molar-refractivity contribution in [2.75, 3.05) is 13.1 Å². The number of nitrogens with one attached hydrogen (secondary N) is 1. The third-order valence-corrected chi connectivity index (χ3v) is 1.79. The van der Waals surface area contributed by atoms with Gasteiger partial charge in [-0.05, 0) is 19.4 Å². The molecule has 0 unspecified atom stereocenters. The number of hydrogen-bond donors (Lipinski definition) is 3. The second-order valence-corrected chi connectivity index (χ2v) is 3.17. The van der Waals surface area contributed by atoms with E-state index in [0.29, 0.717) is 19.4 Å². The van der Waals surface area contributed by atoms with E-state index in [0.717, 1.165) is 0 Å². The van der Waals surface area contributed by atoms with Crippen molar-refractivity contribution in [3.63, 3.8) is 0 Å². The number of carbonyl (C=O) groups is 1. The van der Waals surface area contributed by atoms with Gasteiger partial charge in [0.1, 0.15) is 6.04 Å². The Balaban J connectivity index is 3.89. The fourth-order valence-electron chi connectivity index (χ4n) is 1.04. The molecule has 15 heavy (non-hydrogen) atoms. The van der Waals surface area contributed by atoms with Crippen molar-refractivity contribution in [2.45, 2.75) is 31.5 Å². The molecule has 0 heterocycles. The first-order valence-electron chi connectivity index (χ1n) is 4.60. The number of rotatable bonds is 7. The standard InChI is InChI=1S/C8H15F3N2O2/c9-8(10,11)5-13-6(7(14)15)3-1-2-4-12/h6,13H,1-5,12H2,(H,14,15)/t6-/m0/s1. The highest BCUT2D eigenvalue weighted by Gasteiger charge is 2.29. The Hall–Kier alpha value is -0.820. The Labute approximate surface area is 85.6 Å². The quantitative estimate of drug-likeness (QED) is 0.561. The van der Waals surface area contributed by atoms with Gasteiger partial charge in [-0.2, -0.15) is 13.2 Å². The van der Waals surface area contributed by atoms with E-state index in [-0.39, 0.29) is 6.42 Å². The molecular weight excluding hydrogens is 213 g/mol. The number of alkyl halides is 3. The van der Waals surface area contributed by atoms with Gasteiger partial charge in [0.25, 0.3) is 0 Å². The molecule has 4 N–H and O–H groups in total. The van der Waals surface area contributed by atoms with Gasteiger partial charge in [0.2, 0.25) is 0 Å². The smallest absolute Gasteiger partial charge is 0.401 e. The van der Waals surface area contributed by atoms with E-state index in [4.69, 9.17) is 10.8 Å². The van der Waals surface area contributed by atoms with Crippen molar-refractivity contribution in [1.82, 2.24) is 5.32 Å². The van der Waals surface area contributed by atoms with Crippen LogP contribution in [0.25, 0.3) is 0 Å². The maximum absolute atomic E-state index is 11.8. The van der Waals surface area contributed by atoms with Crippen molar-refractivity contribution in [3.8, 4) is 0 Å². The first kappa shape index (κ1) is 14.2. The second-order valence-electron chi connectivity index (χ2n) is 3.17. The molecule has 0 amide bonds. The molecule has 4 nitrogen and oxygen atoms in total. The van der Waals surface area contributed by atoms with Crippen LogP contribution in [0.1, 0.15) is 19.3 Å². The number of unbranched alkanes of at least 4 members (excludes halogenated alkanes) is 1. The Morgan fingerprint density at radius 2 is 2.00 bits per heavy atom. The van der Waals surface area contributed by atoms with Gasteiger partial charge in [0, 0.05) is 0 Å². The Morgan fingerprint density at radius 3 is 2.40 bits per heavy atom. The molecule has 0 aliphatic carbocycles. The molecule has 0 spiro atoms. The predicted octanol–water partition coefficient (Wildman–Crippen LogP) is 0.721. The Kier molecular flexibility index (Phi) is 6.26. The van der Waals surface area contributed by atoms with Crippen LogP contribution in [-0.2, 0) is 4.79 Å². The number of hydrogen-bond acceptors (Lipinski definition) is 3. The van der Waals surface area contributed by atoms with Crippen LogP contribution < -0.4 is 11.1 Å². The predicted molar refractivity (Wildman–Crippen MR) is 48.4 cm³/mol. The van der Waals surface area contributed by atoms with Gasteiger partial charge in [-0.25, -0.2) is 0 Å². The van der Waals surface area contributed by atoms with Crippen LogP contribution in [0.5, 0.6) is 0 Å². The fraction of sp³-hybridized carbons (Fsp3) is 0.875. The minimum absolute atomic E-state index is 0.155. The number of halogens is 3. The van der Waals surface area contributed by atoms with Crippen LogP contribution in [0.3, 0.4) is 0 Å². The summed E-state index contributed by atoms with van der Waals surface area (Å²) < 4.78 is 35.4. The minimum atomic E-state index is -4.39. The molecular formula is C8H15F3N2O2. The SMILES string of the molecule is NCCCC[C@H](NCC(F)(F)F)C(=O)O. The fourth-order valence-corrected chi connectivity index (χ4v) is 1.04. The monoisotopic (exact) mass is 228 g/mol. The lowest BCUT2D eigenvalue weighted by Crippen LogP contribution is -2.42. The lowest BCUT2D eigenvalue weighted by atomic mass is 10.1. The summed E-state index contributed by atoms with van der Waals surface area (Å²) in [5.74, 6) is -1.27. The summed E-state index contributed by atoms with van der Waals surface area (Å²) in [5, 5.41) is 10.6. The van der Waals surface area contributed by atoms with Gasteiger partial charge in [-0.15, -0.1) is 0 Å². The topological polar surface area (TPSA) is 75.3 Å². The second kappa shape index (κ2) is 6.62. The number of nitrogens with two attached hydrogens (primary N) is 1. The van der Waals surface area contributed by atoms with E-state index in [2.05, 4.69) is 0 Å². The first-order chi connectivity index (χ1) is 6.87. The zero-order valence-corrected chi connectivity index (χ0v) is 8.18. The van der Waals surface area contributed by atoms with Crippen molar-refractivity contribution in [1.29, 1.82) is 0 Å². The molecule has 0 aromatic heterocycles. The van der Waals surface area contributed by atoms with Crippen LogP contribution in [-0.4, -0.2) is 36.4 Å². The van der Waals surface area contributed by atoms with E-state index in [1.807, 2.05) is 5.32 Å². The molecule has 0 bridgehead atoms. The van der Waals surface area contributed by atoms with Gasteiger partial charge in [0.15, 0.2) is 0 Å². The highest BCUT2D eigenvalue weighted by Crippen LogP contribution is 2.13. The first-order valence-corrected chi connectivity index (χ1v) is 4.60. The van der Waals surface area contributed by atoms with Crippen molar-refractivity contribution >= 4 is 5.97 Å². The van der Waals surface area contributed by atoms with Crippen LogP contribution in [0.4, 0.5) is 13.2 Å². The summed E-state index contributed by atoms with van der Waals surface area (Å²) >= 11 is 0. The molecule has 0 aliphatic rings. The molecule has 0 saturated carbocycles. The summed E-state index contributed by atoms with van der Waals surface area (Å²) in [5.41, 5.74) is 5.19. The highest BCUT2D eigenvalue weighted by molar-refractivity contribution is 5.73. The Morgan fingerprint density at radius 1 is 1.40 bits per heavy atom. The van der Waals surface area contributed by atoms with Crippen molar-refractivity contribution in [3.05, 3.63) is 0 Å². The van der Waals surface area contributed by atoms with Crippen LogP contribution in [0.2, 0.25) is 0 Å². The average molecular weight is 228 g/mol. The summed E-state index contributed by atoms with van der Waals surface area (Å²) in [4.78, 5) is 10.5. The normalized spacial score (nSPS) is 13.9. The third kappa shape index (κ3) is 8.19.